The molecule has 1 saturated heterocycles. The maximum Gasteiger partial charge on any atom is 0.337 e. The van der Waals surface area contributed by atoms with Gasteiger partial charge < -0.3 is 20.1 Å². The van der Waals surface area contributed by atoms with Crippen LogP contribution in [0.2, 0.25) is 0 Å². The van der Waals surface area contributed by atoms with Gasteiger partial charge in [-0.1, -0.05) is 18.2 Å². The Morgan fingerprint density at radius 1 is 1.02 bits per heavy atom. The SMILES string of the molecule is COC(=O)c1ccc(C(=O)N2CCC[C@@H](n3nc(-c4ccc(OC5(C)C=CC=CC5)cc4)c4c(N)ncnc43)C2)cc1. The van der Waals surface area contributed by atoms with E-state index < -0.39 is 11.6 Å². The number of aromatic nitrogens is 4. The number of methoxy groups -OCH3 is 1. The molecule has 6 rings (SSSR count). The molecule has 2 aromatic heterocycles. The lowest BCUT2D eigenvalue weighted by atomic mass is 9.97. The van der Waals surface area contributed by atoms with Gasteiger partial charge >= 0.3 is 5.97 Å². The number of nitrogen functional groups attached to an aromatic ring is 1. The lowest BCUT2D eigenvalue weighted by Gasteiger charge is -2.33. The number of hydrogen-bond donors (Lipinski definition) is 1. The minimum absolute atomic E-state index is 0.101. The van der Waals surface area contributed by atoms with Crippen LogP contribution in [0.1, 0.15) is 52.9 Å². The van der Waals surface area contributed by atoms with Crippen molar-refractivity contribution in [2.45, 2.75) is 37.8 Å². The van der Waals surface area contributed by atoms with Gasteiger partial charge in [0.25, 0.3) is 5.91 Å². The summed E-state index contributed by atoms with van der Waals surface area (Å²) in [7, 11) is 1.33. The van der Waals surface area contributed by atoms with Crippen molar-refractivity contribution in [3.63, 3.8) is 0 Å². The van der Waals surface area contributed by atoms with Crippen LogP contribution in [0.15, 0.2) is 79.2 Å². The molecule has 0 spiro atoms. The quantitative estimate of drug-likeness (QED) is 0.325. The number of nitrogens with zero attached hydrogens (tertiary/aromatic N) is 5. The minimum atomic E-state index is -0.440. The summed E-state index contributed by atoms with van der Waals surface area (Å²) in [5.41, 5.74) is 9.06. The molecule has 214 valence electrons. The van der Waals surface area contributed by atoms with Crippen molar-refractivity contribution in [3.05, 3.63) is 90.3 Å². The van der Waals surface area contributed by atoms with Crippen LogP contribution < -0.4 is 10.5 Å². The smallest absolute Gasteiger partial charge is 0.337 e. The van der Waals surface area contributed by atoms with E-state index in [1.54, 1.807) is 24.3 Å². The van der Waals surface area contributed by atoms with E-state index in [4.69, 9.17) is 20.3 Å². The molecule has 10 nitrogen and oxygen atoms in total. The van der Waals surface area contributed by atoms with Gasteiger partial charge in [-0.05, 0) is 74.4 Å². The van der Waals surface area contributed by atoms with Crippen LogP contribution in [0.4, 0.5) is 5.82 Å². The van der Waals surface area contributed by atoms with Gasteiger partial charge in [0.15, 0.2) is 5.65 Å². The Hall–Kier alpha value is -4.99. The number of piperidine rings is 1. The minimum Gasteiger partial charge on any atom is -0.483 e. The second kappa shape index (κ2) is 11.1. The van der Waals surface area contributed by atoms with E-state index in [0.717, 1.165) is 30.6 Å². The molecule has 0 bridgehead atoms. The second-order valence-electron chi connectivity index (χ2n) is 10.8. The van der Waals surface area contributed by atoms with Crippen LogP contribution in [0.25, 0.3) is 22.3 Å². The van der Waals surface area contributed by atoms with Gasteiger partial charge in [0.1, 0.15) is 29.2 Å². The molecule has 1 fully saturated rings. The maximum absolute atomic E-state index is 13.4. The highest BCUT2D eigenvalue weighted by Gasteiger charge is 2.29. The Morgan fingerprint density at radius 2 is 1.79 bits per heavy atom. The molecule has 42 heavy (non-hydrogen) atoms. The Bertz CT molecular complexity index is 1690. The number of ether oxygens (including phenoxy) is 2. The van der Waals surface area contributed by atoms with Gasteiger partial charge in [0, 0.05) is 30.6 Å². The first-order valence-electron chi connectivity index (χ1n) is 14.0. The Labute approximate surface area is 243 Å². The van der Waals surface area contributed by atoms with Crippen LogP contribution in [0.3, 0.4) is 0 Å². The fraction of sp³-hybridized carbons (Fsp3) is 0.281. The number of allylic oxidation sites excluding steroid dienone is 2. The van der Waals surface area contributed by atoms with E-state index in [9.17, 15) is 9.59 Å². The first-order chi connectivity index (χ1) is 20.3. The number of anilines is 1. The van der Waals surface area contributed by atoms with Crippen molar-refractivity contribution in [1.82, 2.24) is 24.6 Å². The molecule has 0 radical (unpaired) electrons. The van der Waals surface area contributed by atoms with E-state index in [1.807, 2.05) is 46.0 Å². The summed E-state index contributed by atoms with van der Waals surface area (Å²) < 4.78 is 12.9. The number of carbonyl (C=O) groups is 2. The highest BCUT2D eigenvalue weighted by atomic mass is 16.5. The summed E-state index contributed by atoms with van der Waals surface area (Å²) in [4.78, 5) is 35.8. The predicted molar refractivity (Wildman–Crippen MR) is 159 cm³/mol. The summed E-state index contributed by atoms with van der Waals surface area (Å²) in [6.45, 7) is 3.15. The average molecular weight is 565 g/mol. The molecular weight excluding hydrogens is 532 g/mol. The van der Waals surface area contributed by atoms with Crippen LogP contribution in [-0.4, -0.2) is 62.3 Å². The molecule has 1 unspecified atom stereocenters. The van der Waals surface area contributed by atoms with Crippen LogP contribution in [0, 0.1) is 0 Å². The lowest BCUT2D eigenvalue weighted by Crippen LogP contribution is -2.41. The highest BCUT2D eigenvalue weighted by molar-refractivity contribution is 5.98. The van der Waals surface area contributed by atoms with Crippen molar-refractivity contribution < 1.29 is 19.1 Å². The molecule has 0 saturated carbocycles. The molecule has 10 heteroatoms. The number of amides is 1. The largest absolute Gasteiger partial charge is 0.483 e. The zero-order chi connectivity index (χ0) is 29.3. The van der Waals surface area contributed by atoms with Crippen molar-refractivity contribution in [3.8, 4) is 17.0 Å². The third-order valence-electron chi connectivity index (χ3n) is 7.80. The van der Waals surface area contributed by atoms with Crippen molar-refractivity contribution in [2.24, 2.45) is 0 Å². The summed E-state index contributed by atoms with van der Waals surface area (Å²) in [5, 5.41) is 5.67. The molecule has 3 heterocycles. The van der Waals surface area contributed by atoms with Gasteiger partial charge in [-0.15, -0.1) is 0 Å². The van der Waals surface area contributed by atoms with Crippen LogP contribution in [-0.2, 0) is 4.74 Å². The Kier molecular flexibility index (Phi) is 7.20. The van der Waals surface area contributed by atoms with Gasteiger partial charge in [0.05, 0.1) is 24.1 Å². The normalized spacial score (nSPS) is 20.0. The number of benzene rings is 2. The third kappa shape index (κ3) is 5.23. The predicted octanol–water partition coefficient (Wildman–Crippen LogP) is 4.99. The standard InChI is InChI=1S/C32H32N6O4/c1-32(16-4-3-5-17-32)42-25-14-12-21(13-15-25)27-26-28(33)34-20-35-29(26)38(36-27)24-7-6-18-37(19-24)30(39)22-8-10-23(11-9-22)31(40)41-2/h3-5,8-16,20,24H,6-7,17-19H2,1-2H3,(H2,33,34,35)/t24-,32?/m1/s1. The molecule has 1 amide bonds. The van der Waals surface area contributed by atoms with E-state index in [1.165, 1.54) is 13.4 Å². The Morgan fingerprint density at radius 3 is 2.50 bits per heavy atom. The number of hydrogen-bond acceptors (Lipinski definition) is 8. The summed E-state index contributed by atoms with van der Waals surface area (Å²) in [6.07, 6.45) is 12.1. The number of nitrogens with two attached hydrogens (primary N) is 1. The maximum atomic E-state index is 13.4. The van der Waals surface area contributed by atoms with Crippen molar-refractivity contribution in [1.29, 1.82) is 0 Å². The average Bonchev–Trinajstić information content (AvgIpc) is 3.42. The fourth-order valence-corrected chi connectivity index (χ4v) is 5.57. The molecule has 2 N–H and O–H groups in total. The van der Waals surface area contributed by atoms with E-state index in [0.29, 0.717) is 46.8 Å². The molecule has 1 aliphatic carbocycles. The van der Waals surface area contributed by atoms with Gasteiger partial charge in [-0.25, -0.2) is 19.4 Å². The highest BCUT2D eigenvalue weighted by Crippen LogP contribution is 2.35. The van der Waals surface area contributed by atoms with Crippen molar-refractivity contribution in [2.75, 3.05) is 25.9 Å². The van der Waals surface area contributed by atoms with E-state index in [2.05, 4.69) is 29.0 Å². The molecule has 2 aliphatic rings. The van der Waals surface area contributed by atoms with E-state index in [-0.39, 0.29) is 11.9 Å². The number of carbonyl (C=O) groups excluding carboxylic acids is 2. The Balaban J connectivity index is 1.26. The van der Waals surface area contributed by atoms with Crippen LogP contribution >= 0.6 is 0 Å². The van der Waals surface area contributed by atoms with E-state index >= 15 is 0 Å². The first-order valence-corrected chi connectivity index (χ1v) is 14.0. The van der Waals surface area contributed by atoms with Crippen LogP contribution in [0.5, 0.6) is 5.75 Å². The topological polar surface area (TPSA) is 125 Å². The summed E-state index contributed by atoms with van der Waals surface area (Å²) in [5.74, 6) is 0.567. The lowest BCUT2D eigenvalue weighted by molar-refractivity contribution is 0.0598. The molecule has 2 aromatic carbocycles. The fourth-order valence-electron chi connectivity index (χ4n) is 5.57. The zero-order valence-corrected chi connectivity index (χ0v) is 23.6. The first kappa shape index (κ1) is 27.2. The summed E-state index contributed by atoms with van der Waals surface area (Å²) in [6, 6.07) is 14.2. The number of likely N-dealkylation sites (tertiary alicyclic amines) is 1. The number of rotatable bonds is 6. The van der Waals surface area contributed by atoms with Crippen molar-refractivity contribution >= 4 is 28.7 Å². The molecule has 2 atom stereocenters. The van der Waals surface area contributed by atoms with Gasteiger partial charge in [-0.2, -0.15) is 5.10 Å². The molecule has 1 aliphatic heterocycles. The zero-order valence-electron chi connectivity index (χ0n) is 23.6. The number of esters is 1. The molecule has 4 aromatic rings. The summed E-state index contributed by atoms with van der Waals surface area (Å²) >= 11 is 0. The third-order valence-corrected chi connectivity index (χ3v) is 7.80. The monoisotopic (exact) mass is 564 g/mol. The second-order valence-corrected chi connectivity index (χ2v) is 10.8. The van der Waals surface area contributed by atoms with Gasteiger partial charge in [0.2, 0.25) is 0 Å². The van der Waals surface area contributed by atoms with Gasteiger partial charge in [-0.3, -0.25) is 4.79 Å². The molecular formula is C32H32N6O4. The number of fused-ring (bicyclic) bond motifs is 1.